The van der Waals surface area contributed by atoms with Crippen LogP contribution in [0, 0.1) is 11.3 Å². The molecule has 0 aliphatic heterocycles. The molecular formula is C7H10N2O3. The Kier molecular flexibility index (Phi) is 3.23. The Bertz CT molecular complexity index is 234. The van der Waals surface area contributed by atoms with Crippen molar-refractivity contribution in [3.63, 3.8) is 0 Å². The monoisotopic (exact) mass is 170 g/mol. The molecule has 0 aliphatic rings. The average Bonchev–Trinajstić information content (AvgIpc) is 1.82. The first-order valence-electron chi connectivity index (χ1n) is 3.29. The molecule has 0 heterocycles. The van der Waals surface area contributed by atoms with Crippen LogP contribution < -0.4 is 5.32 Å². The van der Waals surface area contributed by atoms with Gasteiger partial charge in [-0.2, -0.15) is 5.26 Å². The average molecular weight is 170 g/mol. The summed E-state index contributed by atoms with van der Waals surface area (Å²) in [6.07, 6.45) is -0.908. The van der Waals surface area contributed by atoms with Crippen molar-refractivity contribution >= 4 is 12.0 Å². The third-order valence-electron chi connectivity index (χ3n) is 0.716. The molecule has 0 saturated heterocycles. The summed E-state index contributed by atoms with van der Waals surface area (Å²) in [6.45, 7) is 4.97. The Morgan fingerprint density at radius 3 is 2.25 bits per heavy atom. The number of ether oxygens (including phenoxy) is 1. The normalized spacial score (nSPS) is 9.83. The van der Waals surface area contributed by atoms with Gasteiger partial charge in [0.2, 0.25) is 0 Å². The van der Waals surface area contributed by atoms with E-state index in [1.54, 1.807) is 26.1 Å². The first kappa shape index (κ1) is 10.4. The third-order valence-corrected chi connectivity index (χ3v) is 0.716. The summed E-state index contributed by atoms with van der Waals surface area (Å²) in [5, 5.41) is 9.74. The van der Waals surface area contributed by atoms with Crippen molar-refractivity contribution in [3.8, 4) is 6.07 Å². The Morgan fingerprint density at radius 1 is 1.42 bits per heavy atom. The predicted octanol–water partition coefficient (Wildman–Crippen LogP) is 0.561. The second-order valence-electron chi connectivity index (χ2n) is 3.07. The number of nitrogens with zero attached hydrogens (tertiary/aromatic N) is 1. The largest absolute Gasteiger partial charge is 0.444 e. The van der Waals surface area contributed by atoms with Crippen molar-refractivity contribution in [1.29, 1.82) is 5.26 Å². The second-order valence-corrected chi connectivity index (χ2v) is 3.07. The molecule has 0 radical (unpaired) electrons. The van der Waals surface area contributed by atoms with E-state index in [4.69, 9.17) is 5.26 Å². The third kappa shape index (κ3) is 5.23. The van der Waals surface area contributed by atoms with E-state index in [9.17, 15) is 9.59 Å². The molecule has 5 heteroatoms. The molecule has 0 saturated carbocycles. The van der Waals surface area contributed by atoms with Crippen LogP contribution in [0.4, 0.5) is 4.79 Å². The fraction of sp³-hybridized carbons (Fsp3) is 0.571. The van der Waals surface area contributed by atoms with Gasteiger partial charge in [-0.15, -0.1) is 0 Å². The minimum absolute atomic E-state index is 0.667. The van der Waals surface area contributed by atoms with Crippen LogP contribution in [0.5, 0.6) is 0 Å². The maximum absolute atomic E-state index is 10.7. The SMILES string of the molecule is CC(C)(C)OC(=O)NC(=O)C#N. The van der Waals surface area contributed by atoms with Gasteiger partial charge in [-0.1, -0.05) is 0 Å². The summed E-state index contributed by atoms with van der Waals surface area (Å²) in [4.78, 5) is 21.1. The van der Waals surface area contributed by atoms with Crippen LogP contribution in [0.25, 0.3) is 0 Å². The van der Waals surface area contributed by atoms with Crippen LogP contribution in [0.2, 0.25) is 0 Å². The minimum Gasteiger partial charge on any atom is -0.444 e. The van der Waals surface area contributed by atoms with E-state index in [-0.39, 0.29) is 0 Å². The van der Waals surface area contributed by atoms with Gasteiger partial charge >= 0.3 is 12.0 Å². The lowest BCUT2D eigenvalue weighted by Gasteiger charge is -2.18. The van der Waals surface area contributed by atoms with Crippen LogP contribution in [-0.2, 0) is 9.53 Å². The van der Waals surface area contributed by atoms with Crippen molar-refractivity contribution in [1.82, 2.24) is 5.32 Å². The van der Waals surface area contributed by atoms with Gasteiger partial charge in [0.25, 0.3) is 0 Å². The number of carbonyl (C=O) groups is 2. The maximum atomic E-state index is 10.7. The highest BCUT2D eigenvalue weighted by molar-refractivity contribution is 6.01. The number of imide groups is 1. The lowest BCUT2D eigenvalue weighted by molar-refractivity contribution is -0.115. The van der Waals surface area contributed by atoms with Crippen LogP contribution in [-0.4, -0.2) is 17.6 Å². The zero-order valence-electron chi connectivity index (χ0n) is 7.17. The topological polar surface area (TPSA) is 79.2 Å². The van der Waals surface area contributed by atoms with Crippen molar-refractivity contribution in [3.05, 3.63) is 0 Å². The van der Waals surface area contributed by atoms with Gasteiger partial charge in [-0.05, 0) is 20.8 Å². The van der Waals surface area contributed by atoms with E-state index in [1.807, 2.05) is 0 Å². The molecule has 1 N–H and O–H groups in total. The van der Waals surface area contributed by atoms with Crippen molar-refractivity contribution in [2.75, 3.05) is 0 Å². The Balaban J connectivity index is 3.94. The molecule has 0 aromatic rings. The molecule has 0 unspecified atom stereocenters. The Morgan fingerprint density at radius 2 is 1.92 bits per heavy atom. The predicted molar refractivity (Wildman–Crippen MR) is 40.0 cm³/mol. The smallest absolute Gasteiger partial charge is 0.415 e. The van der Waals surface area contributed by atoms with Crippen LogP contribution in [0.3, 0.4) is 0 Å². The second kappa shape index (κ2) is 3.72. The van der Waals surface area contributed by atoms with Crippen molar-refractivity contribution < 1.29 is 14.3 Å². The molecular weight excluding hydrogens is 160 g/mol. The molecule has 0 atom stereocenters. The van der Waals surface area contributed by atoms with E-state index in [0.717, 1.165) is 0 Å². The highest BCUT2D eigenvalue weighted by atomic mass is 16.6. The van der Waals surface area contributed by atoms with Gasteiger partial charge < -0.3 is 4.74 Å². The first-order chi connectivity index (χ1) is 5.35. The zero-order valence-corrected chi connectivity index (χ0v) is 7.17. The fourth-order valence-corrected chi connectivity index (χ4v) is 0.424. The van der Waals surface area contributed by atoms with Crippen LogP contribution >= 0.6 is 0 Å². The molecule has 0 bridgehead atoms. The number of hydrogen-bond donors (Lipinski definition) is 1. The van der Waals surface area contributed by atoms with Gasteiger partial charge in [0.15, 0.2) is 6.07 Å². The summed E-state index contributed by atoms with van der Waals surface area (Å²) in [5.41, 5.74) is -0.667. The van der Waals surface area contributed by atoms with Gasteiger partial charge in [-0.25, -0.2) is 10.1 Å². The number of nitrogens with one attached hydrogen (secondary N) is 1. The Hall–Kier alpha value is -1.57. The first-order valence-corrected chi connectivity index (χ1v) is 3.29. The number of amides is 2. The molecule has 0 fully saturated rings. The molecule has 66 valence electrons. The zero-order chi connectivity index (χ0) is 9.78. The summed E-state index contributed by atoms with van der Waals surface area (Å²) in [5.74, 6) is -1.02. The van der Waals surface area contributed by atoms with E-state index in [1.165, 1.54) is 6.07 Å². The number of alkyl carbamates (subject to hydrolysis) is 1. The lowest BCUT2D eigenvalue weighted by Crippen LogP contribution is -2.35. The number of nitriles is 1. The van der Waals surface area contributed by atoms with Gasteiger partial charge in [0, 0.05) is 0 Å². The highest BCUT2D eigenvalue weighted by Gasteiger charge is 2.17. The van der Waals surface area contributed by atoms with E-state index < -0.39 is 17.6 Å². The maximum Gasteiger partial charge on any atom is 0.415 e. The van der Waals surface area contributed by atoms with E-state index >= 15 is 0 Å². The number of carbonyl (C=O) groups excluding carboxylic acids is 2. The molecule has 12 heavy (non-hydrogen) atoms. The molecule has 2 amide bonds. The van der Waals surface area contributed by atoms with Gasteiger partial charge in [0.1, 0.15) is 5.60 Å². The fourth-order valence-electron chi connectivity index (χ4n) is 0.424. The molecule has 0 aromatic heterocycles. The van der Waals surface area contributed by atoms with E-state index in [0.29, 0.717) is 0 Å². The highest BCUT2D eigenvalue weighted by Crippen LogP contribution is 2.05. The molecule has 0 spiro atoms. The summed E-state index contributed by atoms with van der Waals surface area (Å²) in [7, 11) is 0. The lowest BCUT2D eigenvalue weighted by atomic mass is 10.2. The molecule has 0 aromatic carbocycles. The van der Waals surface area contributed by atoms with Gasteiger partial charge in [-0.3, -0.25) is 4.79 Å². The summed E-state index contributed by atoms with van der Waals surface area (Å²) >= 11 is 0. The number of rotatable bonds is 0. The summed E-state index contributed by atoms with van der Waals surface area (Å²) < 4.78 is 4.69. The molecule has 0 rings (SSSR count). The van der Waals surface area contributed by atoms with Crippen LogP contribution in [0.15, 0.2) is 0 Å². The van der Waals surface area contributed by atoms with Crippen LogP contribution in [0.1, 0.15) is 20.8 Å². The summed E-state index contributed by atoms with van der Waals surface area (Å²) in [6, 6.07) is 1.23. The minimum atomic E-state index is -1.02. The van der Waals surface area contributed by atoms with Gasteiger partial charge in [0.05, 0.1) is 0 Å². The quantitative estimate of drug-likeness (QED) is 0.539. The Labute approximate surface area is 70.3 Å². The van der Waals surface area contributed by atoms with Crippen molar-refractivity contribution in [2.24, 2.45) is 0 Å². The van der Waals surface area contributed by atoms with Crippen molar-refractivity contribution in [2.45, 2.75) is 26.4 Å². The van der Waals surface area contributed by atoms with E-state index in [2.05, 4.69) is 4.74 Å². The molecule has 0 aliphatic carbocycles. The standard InChI is InChI=1S/C7H10N2O3/c1-7(2,3)12-6(11)9-5(10)4-8/h1-3H3,(H,9,10,11). The molecule has 5 nitrogen and oxygen atoms in total. The number of hydrogen-bond acceptors (Lipinski definition) is 4.